The zero-order valence-electron chi connectivity index (χ0n) is 43.0. The normalized spacial score (nSPS) is 12.9. The lowest BCUT2D eigenvalue weighted by atomic mass is 9.84. The Morgan fingerprint density at radius 1 is 0.378 bits per heavy atom. The molecule has 0 N–H and O–H groups in total. The molecule has 1 aromatic heterocycles. The Labute approximate surface area is 437 Å². The summed E-state index contributed by atoms with van der Waals surface area (Å²) >= 11 is 0. The molecule has 11 aromatic rings. The summed E-state index contributed by atoms with van der Waals surface area (Å²) in [7, 11) is 0. The van der Waals surface area contributed by atoms with Gasteiger partial charge in [-0.25, -0.2) is 0 Å². The van der Waals surface area contributed by atoms with Crippen LogP contribution in [0.25, 0.3) is 49.7 Å². The number of hydrogen-bond acceptors (Lipinski definition) is 2. The molecule has 0 bridgehead atoms. The minimum absolute atomic E-state index is 0.409. The zero-order valence-corrected chi connectivity index (χ0v) is 43.0. The van der Waals surface area contributed by atoms with Gasteiger partial charge in [0, 0.05) is 50.6 Å². The van der Waals surface area contributed by atoms with Gasteiger partial charge in [0.05, 0.1) is 11.0 Å². The number of hydrogen-bond donors (Lipinski definition) is 0. The third kappa shape index (κ3) is 9.09. The Bertz CT molecular complexity index is 3650. The van der Waals surface area contributed by atoms with Crippen LogP contribution in [-0.4, -0.2) is 4.57 Å². The molecule has 12 rings (SSSR count). The van der Waals surface area contributed by atoms with Crippen molar-refractivity contribution in [2.24, 2.45) is 0 Å². The molecule has 74 heavy (non-hydrogen) atoms. The van der Waals surface area contributed by atoms with Gasteiger partial charge in [-0.3, -0.25) is 0 Å². The first-order valence-electron chi connectivity index (χ1n) is 26.7. The quantitative estimate of drug-likeness (QED) is 0.101. The van der Waals surface area contributed by atoms with Gasteiger partial charge in [0.15, 0.2) is 0 Å². The highest BCUT2D eigenvalue weighted by atomic mass is 15.1. The molecule has 10 aromatic carbocycles. The van der Waals surface area contributed by atoms with Gasteiger partial charge >= 0.3 is 0 Å². The summed E-state index contributed by atoms with van der Waals surface area (Å²) in [5.41, 5.74) is 22.5. The Balaban J connectivity index is 0.827. The average molecular weight is 958 g/mol. The van der Waals surface area contributed by atoms with E-state index in [1.807, 2.05) is 0 Å². The van der Waals surface area contributed by atoms with E-state index < -0.39 is 0 Å². The average Bonchev–Trinajstić information content (AvgIpc) is 3.78. The third-order valence-electron chi connectivity index (χ3n) is 15.8. The van der Waals surface area contributed by atoms with Crippen LogP contribution in [-0.2, 0) is 12.8 Å². The highest BCUT2D eigenvalue weighted by molar-refractivity contribution is 6.11. The van der Waals surface area contributed by atoms with Gasteiger partial charge in [0.2, 0.25) is 0 Å². The maximum absolute atomic E-state index is 2.44. The Kier molecular flexibility index (Phi) is 12.8. The van der Waals surface area contributed by atoms with Crippen molar-refractivity contribution in [3.8, 4) is 27.9 Å². The molecule has 1 aliphatic carbocycles. The number of rotatable bonds is 15. The van der Waals surface area contributed by atoms with Gasteiger partial charge < -0.3 is 14.4 Å². The van der Waals surface area contributed by atoms with Crippen molar-refractivity contribution >= 4 is 55.9 Å². The summed E-state index contributed by atoms with van der Waals surface area (Å²) < 4.78 is 2.44. The second kappa shape index (κ2) is 20.2. The minimum Gasteiger partial charge on any atom is -0.311 e. The molecule has 2 atom stereocenters. The van der Waals surface area contributed by atoms with Gasteiger partial charge in [0.1, 0.15) is 0 Å². The predicted octanol–water partition coefficient (Wildman–Crippen LogP) is 20.0. The standard InChI is InChI=1S/C71H63N3/c1-5-51(54-29-38-65(39-30-54)73(63-19-13-8-14-20-63)67-42-33-56-25-26-58(56)46-67)45-50(4)53-21-23-55(24-22-53)59-34-43-70-68(47-59)69-48-60(35-44-71(69)74(70)66-36-27-52(28-37-66)49(2)3)57-31-40-64(41-32-57)72(61-15-9-6-10-16-61)62-17-11-7-12-18-62/h6-24,27-44,46-51H,5,25-26,45H2,1-4H3. The number of anilines is 6. The minimum atomic E-state index is 0.409. The van der Waals surface area contributed by atoms with Crippen LogP contribution < -0.4 is 9.80 Å². The van der Waals surface area contributed by atoms with E-state index in [2.05, 4.69) is 285 Å². The SMILES string of the molecule is CCC(CC(C)c1ccc(-c2ccc3c(c2)c2cc(-c4ccc(N(c5ccccc5)c5ccccc5)cc4)ccc2n3-c2ccc(C(C)C)cc2)cc1)c1ccc(N(c2ccccc2)c2ccc3c(c2)CC3)cc1. The Morgan fingerprint density at radius 2 is 0.797 bits per heavy atom. The summed E-state index contributed by atoms with van der Waals surface area (Å²) in [6.45, 7) is 9.26. The van der Waals surface area contributed by atoms with Gasteiger partial charge in [-0.05, 0) is 203 Å². The first-order chi connectivity index (χ1) is 36.4. The van der Waals surface area contributed by atoms with E-state index in [-0.39, 0.29) is 0 Å². The number of nitrogens with zero attached hydrogens (tertiary/aromatic N) is 3. The van der Waals surface area contributed by atoms with E-state index >= 15 is 0 Å². The molecule has 1 aliphatic rings. The summed E-state index contributed by atoms with van der Waals surface area (Å²) in [6, 6.07) is 90.0. The fraction of sp³-hybridized carbons (Fsp3) is 0.155. The predicted molar refractivity (Wildman–Crippen MR) is 315 cm³/mol. The summed E-state index contributed by atoms with van der Waals surface area (Å²) in [5.74, 6) is 1.34. The van der Waals surface area contributed by atoms with E-state index in [0.29, 0.717) is 17.8 Å². The molecule has 362 valence electrons. The Morgan fingerprint density at radius 3 is 1.27 bits per heavy atom. The molecule has 0 fully saturated rings. The lowest BCUT2D eigenvalue weighted by molar-refractivity contribution is 0.544. The molecule has 3 nitrogen and oxygen atoms in total. The summed E-state index contributed by atoms with van der Waals surface area (Å²) in [6.07, 6.45) is 4.55. The number of para-hydroxylation sites is 3. The van der Waals surface area contributed by atoms with Crippen LogP contribution in [0.5, 0.6) is 0 Å². The summed E-state index contributed by atoms with van der Waals surface area (Å²) in [4.78, 5) is 4.72. The van der Waals surface area contributed by atoms with Crippen molar-refractivity contribution in [2.45, 2.75) is 71.1 Å². The maximum Gasteiger partial charge on any atom is 0.0541 e. The second-order valence-electron chi connectivity index (χ2n) is 20.7. The molecular weight excluding hydrogens is 895 g/mol. The molecule has 3 heteroatoms. The molecule has 2 unspecified atom stereocenters. The molecule has 0 aliphatic heterocycles. The van der Waals surface area contributed by atoms with Crippen LogP contribution in [0.4, 0.5) is 34.1 Å². The molecular formula is C71H63N3. The smallest absolute Gasteiger partial charge is 0.0541 e. The maximum atomic E-state index is 2.44. The molecule has 0 saturated heterocycles. The van der Waals surface area contributed by atoms with Crippen LogP contribution in [0.2, 0.25) is 0 Å². The van der Waals surface area contributed by atoms with Crippen molar-refractivity contribution in [3.63, 3.8) is 0 Å². The van der Waals surface area contributed by atoms with Crippen LogP contribution >= 0.6 is 0 Å². The number of aromatic nitrogens is 1. The Hall–Kier alpha value is -8.40. The fourth-order valence-corrected chi connectivity index (χ4v) is 11.4. The first kappa shape index (κ1) is 46.7. The lowest BCUT2D eigenvalue weighted by Gasteiger charge is -2.29. The van der Waals surface area contributed by atoms with E-state index in [1.54, 1.807) is 0 Å². The fourth-order valence-electron chi connectivity index (χ4n) is 11.4. The van der Waals surface area contributed by atoms with Gasteiger partial charge in [-0.15, -0.1) is 0 Å². The van der Waals surface area contributed by atoms with Crippen LogP contribution in [0.1, 0.15) is 86.1 Å². The molecule has 0 saturated carbocycles. The van der Waals surface area contributed by atoms with Crippen LogP contribution in [0.3, 0.4) is 0 Å². The summed E-state index contributed by atoms with van der Waals surface area (Å²) in [5, 5.41) is 2.50. The molecule has 0 spiro atoms. The highest BCUT2D eigenvalue weighted by Gasteiger charge is 2.21. The number of benzene rings is 10. The lowest BCUT2D eigenvalue weighted by Crippen LogP contribution is -2.14. The van der Waals surface area contributed by atoms with Gasteiger partial charge in [-0.2, -0.15) is 0 Å². The van der Waals surface area contributed by atoms with E-state index in [0.717, 1.165) is 29.9 Å². The van der Waals surface area contributed by atoms with Crippen molar-refractivity contribution in [1.29, 1.82) is 0 Å². The highest BCUT2D eigenvalue weighted by Crippen LogP contribution is 2.42. The monoisotopic (exact) mass is 958 g/mol. The van der Waals surface area contributed by atoms with Crippen molar-refractivity contribution < 1.29 is 0 Å². The van der Waals surface area contributed by atoms with E-state index in [1.165, 1.54) is 107 Å². The topological polar surface area (TPSA) is 11.4 Å². The molecule has 1 heterocycles. The zero-order chi connectivity index (χ0) is 50.1. The van der Waals surface area contributed by atoms with E-state index in [4.69, 9.17) is 0 Å². The van der Waals surface area contributed by atoms with Gasteiger partial charge in [-0.1, -0.05) is 161 Å². The number of aryl methyl sites for hydroxylation is 2. The molecule has 0 amide bonds. The molecule has 0 radical (unpaired) electrons. The van der Waals surface area contributed by atoms with Crippen LogP contribution in [0, 0.1) is 0 Å². The van der Waals surface area contributed by atoms with Crippen LogP contribution in [0.15, 0.2) is 243 Å². The number of fused-ring (bicyclic) bond motifs is 4. The van der Waals surface area contributed by atoms with Crippen molar-refractivity contribution in [1.82, 2.24) is 4.57 Å². The largest absolute Gasteiger partial charge is 0.311 e. The third-order valence-corrected chi connectivity index (χ3v) is 15.8. The van der Waals surface area contributed by atoms with Crippen molar-refractivity contribution in [2.75, 3.05) is 9.80 Å². The van der Waals surface area contributed by atoms with E-state index in [9.17, 15) is 0 Å². The first-order valence-corrected chi connectivity index (χ1v) is 26.7. The second-order valence-corrected chi connectivity index (χ2v) is 20.7. The van der Waals surface area contributed by atoms with Crippen molar-refractivity contribution in [3.05, 3.63) is 270 Å². The van der Waals surface area contributed by atoms with Gasteiger partial charge in [0.25, 0.3) is 0 Å².